The summed E-state index contributed by atoms with van der Waals surface area (Å²) in [6, 6.07) is 1.61. The molecule has 1 aliphatic heterocycles. The van der Waals surface area contributed by atoms with Crippen molar-refractivity contribution in [1.82, 2.24) is 9.80 Å². The van der Waals surface area contributed by atoms with E-state index in [1.54, 1.807) is 19.9 Å². The molecule has 1 aliphatic rings. The van der Waals surface area contributed by atoms with E-state index in [1.807, 2.05) is 18.7 Å². The van der Waals surface area contributed by atoms with Gasteiger partial charge in [-0.05, 0) is 50.0 Å². The Bertz CT molecular complexity index is 792. The minimum absolute atomic E-state index is 0.0589. The fourth-order valence-electron chi connectivity index (χ4n) is 3.39. The quantitative estimate of drug-likeness (QED) is 0.637. The van der Waals surface area contributed by atoms with Crippen molar-refractivity contribution in [2.24, 2.45) is 0 Å². The van der Waals surface area contributed by atoms with E-state index in [0.29, 0.717) is 29.9 Å². The average Bonchev–Trinajstić information content (AvgIpc) is 2.61. The maximum atomic E-state index is 14.6. The van der Waals surface area contributed by atoms with Crippen LogP contribution in [0.25, 0.3) is 5.70 Å². The number of nitrogens with zero attached hydrogens (tertiary/aromatic N) is 2. The summed E-state index contributed by atoms with van der Waals surface area (Å²) < 4.78 is 28.8. The van der Waals surface area contributed by atoms with Gasteiger partial charge in [0.1, 0.15) is 0 Å². The molecule has 0 aromatic heterocycles. The molecule has 1 atom stereocenters. The Hall–Kier alpha value is -2.36. The van der Waals surface area contributed by atoms with E-state index in [2.05, 4.69) is 31.2 Å². The Labute approximate surface area is 155 Å². The number of piperazine rings is 1. The van der Waals surface area contributed by atoms with Crippen molar-refractivity contribution in [3.8, 4) is 0 Å². The lowest BCUT2D eigenvalue weighted by Gasteiger charge is -2.46. The minimum Gasteiger partial charge on any atom is -0.361 e. The molecule has 0 radical (unpaired) electrons. The highest BCUT2D eigenvalue weighted by Crippen LogP contribution is 2.34. The van der Waals surface area contributed by atoms with Crippen molar-refractivity contribution < 1.29 is 8.78 Å². The van der Waals surface area contributed by atoms with Gasteiger partial charge in [-0.3, -0.25) is 0 Å². The van der Waals surface area contributed by atoms with Crippen LogP contribution in [0.4, 0.5) is 8.78 Å². The molecule has 0 bridgehead atoms. The van der Waals surface area contributed by atoms with Crippen LogP contribution in [-0.4, -0.2) is 28.9 Å². The van der Waals surface area contributed by atoms with Gasteiger partial charge in [0.25, 0.3) is 0 Å². The highest BCUT2D eigenvalue weighted by Gasteiger charge is 2.32. The van der Waals surface area contributed by atoms with Gasteiger partial charge >= 0.3 is 0 Å². The third-order valence-electron chi connectivity index (χ3n) is 5.25. The first-order valence-electron chi connectivity index (χ1n) is 8.84. The first-order chi connectivity index (χ1) is 12.1. The molecular weight excluding hydrogens is 330 g/mol. The fraction of sp³-hybridized carbons (Fsp3) is 0.364. The summed E-state index contributed by atoms with van der Waals surface area (Å²) in [5.41, 5.74) is 4.33. The van der Waals surface area contributed by atoms with E-state index in [9.17, 15) is 8.78 Å². The summed E-state index contributed by atoms with van der Waals surface area (Å²) in [6.45, 7) is 24.9. The molecule has 0 amide bonds. The van der Waals surface area contributed by atoms with Gasteiger partial charge < -0.3 is 9.80 Å². The monoisotopic (exact) mass is 358 g/mol. The second-order valence-corrected chi connectivity index (χ2v) is 6.93. The van der Waals surface area contributed by atoms with E-state index in [-0.39, 0.29) is 11.6 Å². The Morgan fingerprint density at radius 1 is 1.15 bits per heavy atom. The highest BCUT2D eigenvalue weighted by molar-refractivity contribution is 5.65. The fourth-order valence-corrected chi connectivity index (χ4v) is 3.39. The summed E-state index contributed by atoms with van der Waals surface area (Å²) in [5, 5.41) is 0. The second kappa shape index (κ2) is 7.48. The smallest absolute Gasteiger partial charge is 0.168 e. The SMILES string of the molecule is C=C(C)C(=C)N1CCN(C(=C)c2cc(C)c(C)c(F)c2F)C(CC)C1=C. The number of allylic oxidation sites excluding steroid dienone is 1. The Kier molecular flexibility index (Phi) is 5.74. The van der Waals surface area contributed by atoms with Crippen molar-refractivity contribution in [2.75, 3.05) is 13.1 Å². The number of rotatable bonds is 5. The van der Waals surface area contributed by atoms with E-state index < -0.39 is 11.6 Å². The lowest BCUT2D eigenvalue weighted by Crippen LogP contribution is -2.49. The van der Waals surface area contributed by atoms with Gasteiger partial charge in [0, 0.05) is 35.7 Å². The second-order valence-electron chi connectivity index (χ2n) is 6.93. The van der Waals surface area contributed by atoms with E-state index >= 15 is 0 Å². The lowest BCUT2D eigenvalue weighted by molar-refractivity contribution is 0.199. The van der Waals surface area contributed by atoms with Crippen LogP contribution in [0.2, 0.25) is 0 Å². The zero-order chi connectivity index (χ0) is 19.8. The molecule has 1 unspecified atom stereocenters. The van der Waals surface area contributed by atoms with Crippen molar-refractivity contribution >= 4 is 5.70 Å². The van der Waals surface area contributed by atoms with Gasteiger partial charge in [0.15, 0.2) is 11.6 Å². The molecule has 2 nitrogen and oxygen atoms in total. The summed E-state index contributed by atoms with van der Waals surface area (Å²) in [6.07, 6.45) is 0.771. The van der Waals surface area contributed by atoms with Gasteiger partial charge in [-0.25, -0.2) is 8.78 Å². The molecule has 0 aliphatic carbocycles. The molecule has 0 saturated carbocycles. The van der Waals surface area contributed by atoms with Crippen molar-refractivity contribution in [3.05, 3.63) is 77.7 Å². The van der Waals surface area contributed by atoms with Crippen LogP contribution >= 0.6 is 0 Å². The van der Waals surface area contributed by atoms with Crippen LogP contribution in [0, 0.1) is 25.5 Å². The molecule has 1 saturated heterocycles. The van der Waals surface area contributed by atoms with E-state index in [4.69, 9.17) is 0 Å². The van der Waals surface area contributed by atoms with Crippen LogP contribution in [0.5, 0.6) is 0 Å². The summed E-state index contributed by atoms with van der Waals surface area (Å²) >= 11 is 0. The molecule has 1 aromatic carbocycles. The lowest BCUT2D eigenvalue weighted by atomic mass is 9.98. The Morgan fingerprint density at radius 2 is 1.77 bits per heavy atom. The van der Waals surface area contributed by atoms with Gasteiger partial charge in [-0.15, -0.1) is 0 Å². The zero-order valence-corrected chi connectivity index (χ0v) is 16.3. The molecule has 0 spiro atoms. The Balaban J connectivity index is 2.38. The maximum absolute atomic E-state index is 14.6. The van der Waals surface area contributed by atoms with Crippen molar-refractivity contribution in [3.63, 3.8) is 0 Å². The first-order valence-corrected chi connectivity index (χ1v) is 8.84. The number of hydrogen-bond donors (Lipinski definition) is 0. The number of halogens is 2. The maximum Gasteiger partial charge on any atom is 0.168 e. The zero-order valence-electron chi connectivity index (χ0n) is 16.3. The summed E-state index contributed by atoms with van der Waals surface area (Å²) in [7, 11) is 0. The average molecular weight is 358 g/mol. The Morgan fingerprint density at radius 3 is 2.31 bits per heavy atom. The van der Waals surface area contributed by atoms with Gasteiger partial charge in [0.2, 0.25) is 0 Å². The summed E-state index contributed by atoms with van der Waals surface area (Å²) in [5.74, 6) is -1.64. The van der Waals surface area contributed by atoms with Crippen LogP contribution < -0.4 is 0 Å². The molecule has 1 aromatic rings. The molecule has 1 heterocycles. The molecule has 140 valence electrons. The van der Waals surface area contributed by atoms with Crippen LogP contribution in [0.15, 0.2) is 49.3 Å². The van der Waals surface area contributed by atoms with Gasteiger partial charge in [-0.1, -0.05) is 33.2 Å². The minimum atomic E-state index is -0.840. The molecule has 1 fully saturated rings. The van der Waals surface area contributed by atoms with Gasteiger partial charge in [0.05, 0.1) is 6.04 Å². The molecule has 4 heteroatoms. The highest BCUT2D eigenvalue weighted by atomic mass is 19.2. The topological polar surface area (TPSA) is 6.48 Å². The van der Waals surface area contributed by atoms with E-state index in [0.717, 1.165) is 23.4 Å². The third kappa shape index (κ3) is 3.33. The van der Waals surface area contributed by atoms with Crippen LogP contribution in [0.3, 0.4) is 0 Å². The standard InChI is InChI=1S/C22H28F2N2/c1-9-20-18(8)25(16(6)13(2)3)10-11-26(20)17(7)19-12-14(4)15(5)21(23)22(19)24/h12,20H,2,6-11H2,1,3-5H3. The normalized spacial score (nSPS) is 17.5. The molecule has 2 rings (SSSR count). The van der Waals surface area contributed by atoms with E-state index in [1.165, 1.54) is 0 Å². The third-order valence-corrected chi connectivity index (χ3v) is 5.25. The van der Waals surface area contributed by atoms with Crippen LogP contribution in [-0.2, 0) is 0 Å². The number of aryl methyl sites for hydroxylation is 1. The molecular formula is C22H28F2N2. The molecule has 26 heavy (non-hydrogen) atoms. The van der Waals surface area contributed by atoms with Gasteiger partial charge in [-0.2, -0.15) is 0 Å². The van der Waals surface area contributed by atoms with Crippen LogP contribution in [0.1, 0.15) is 37.0 Å². The summed E-state index contributed by atoms with van der Waals surface area (Å²) in [4.78, 5) is 4.06. The van der Waals surface area contributed by atoms with Crippen molar-refractivity contribution in [2.45, 2.75) is 40.2 Å². The van der Waals surface area contributed by atoms with Crippen molar-refractivity contribution in [1.29, 1.82) is 0 Å². The predicted molar refractivity (Wildman–Crippen MR) is 105 cm³/mol. The predicted octanol–water partition coefficient (Wildman–Crippen LogP) is 5.55. The molecule has 0 N–H and O–H groups in total. The largest absolute Gasteiger partial charge is 0.361 e. The first kappa shape index (κ1) is 20.0. The number of benzene rings is 1. The number of hydrogen-bond acceptors (Lipinski definition) is 2.